The van der Waals surface area contributed by atoms with Crippen LogP contribution in [-0.4, -0.2) is 0 Å². The molecule has 2 rings (SSSR count). The third-order valence-corrected chi connectivity index (χ3v) is 3.12. The summed E-state index contributed by atoms with van der Waals surface area (Å²) in [5.41, 5.74) is 5.62. The fourth-order valence-electron chi connectivity index (χ4n) is 1.80. The monoisotopic (exact) mass is 228 g/mol. The highest BCUT2D eigenvalue weighted by atomic mass is 14.0. The van der Waals surface area contributed by atoms with Gasteiger partial charge in [0, 0.05) is 0 Å². The summed E-state index contributed by atoms with van der Waals surface area (Å²) in [7, 11) is 0. The first-order valence-electron chi connectivity index (χ1n) is 6.46. The first-order chi connectivity index (χ1) is 8.09. The zero-order valence-electron chi connectivity index (χ0n) is 11.6. The Morgan fingerprint density at radius 1 is 0.941 bits per heavy atom. The number of hydrogen-bond donors (Lipinski definition) is 0. The molecule has 0 bridgehead atoms. The lowest BCUT2D eigenvalue weighted by atomic mass is 10.1. The number of rotatable bonds is 0. The van der Waals surface area contributed by atoms with E-state index in [1.807, 2.05) is 0 Å². The zero-order valence-corrected chi connectivity index (χ0v) is 11.6. The third-order valence-electron chi connectivity index (χ3n) is 3.12. The molecule has 0 saturated carbocycles. The predicted octanol–water partition coefficient (Wildman–Crippen LogP) is 5.28. The molecule has 0 N–H and O–H groups in total. The normalized spacial score (nSPS) is 14.5. The molecule has 17 heavy (non-hydrogen) atoms. The summed E-state index contributed by atoms with van der Waals surface area (Å²) in [6.45, 7) is 8.58. The van der Waals surface area contributed by atoms with Crippen molar-refractivity contribution in [3.05, 3.63) is 58.7 Å². The molecule has 0 aliphatic heterocycles. The van der Waals surface area contributed by atoms with E-state index in [1.54, 1.807) is 0 Å². The fraction of sp³-hybridized carbons (Fsp3) is 0.412. The minimum atomic E-state index is 1.26. The molecule has 0 fully saturated rings. The van der Waals surface area contributed by atoms with Gasteiger partial charge in [0.05, 0.1) is 0 Å². The van der Waals surface area contributed by atoms with Crippen molar-refractivity contribution in [3.63, 3.8) is 0 Å². The van der Waals surface area contributed by atoms with E-state index in [0.717, 1.165) is 0 Å². The predicted molar refractivity (Wildman–Crippen MR) is 77.4 cm³/mol. The maximum Gasteiger partial charge on any atom is -0.0317 e. The molecule has 0 aromatic heterocycles. The van der Waals surface area contributed by atoms with Gasteiger partial charge in [-0.05, 0) is 58.1 Å². The second kappa shape index (κ2) is 7.11. The SMILES string of the molecule is CC1=CC=CCCC1.Cc1ccc(C)c(C)c1. The van der Waals surface area contributed by atoms with Crippen molar-refractivity contribution < 1.29 is 0 Å². The quantitative estimate of drug-likeness (QED) is 0.566. The molecule has 1 aliphatic rings. The smallest absolute Gasteiger partial charge is 0.0317 e. The van der Waals surface area contributed by atoms with Crippen LogP contribution in [0.1, 0.15) is 42.9 Å². The largest absolute Gasteiger partial charge is 0.0845 e. The Balaban J connectivity index is 0.000000171. The van der Waals surface area contributed by atoms with Gasteiger partial charge in [0.1, 0.15) is 0 Å². The van der Waals surface area contributed by atoms with Crippen LogP contribution in [-0.2, 0) is 0 Å². The van der Waals surface area contributed by atoms with Gasteiger partial charge in [0.2, 0.25) is 0 Å². The summed E-state index contributed by atoms with van der Waals surface area (Å²) in [6.07, 6.45) is 10.5. The minimum Gasteiger partial charge on any atom is -0.0845 e. The number of hydrogen-bond acceptors (Lipinski definition) is 0. The Labute approximate surface area is 106 Å². The number of allylic oxidation sites excluding steroid dienone is 4. The molecular weight excluding hydrogens is 204 g/mol. The van der Waals surface area contributed by atoms with Crippen molar-refractivity contribution in [1.82, 2.24) is 0 Å². The Morgan fingerprint density at radius 2 is 1.71 bits per heavy atom. The van der Waals surface area contributed by atoms with Crippen molar-refractivity contribution in [2.45, 2.75) is 47.0 Å². The highest BCUT2D eigenvalue weighted by Crippen LogP contribution is 2.10. The lowest BCUT2D eigenvalue weighted by Crippen LogP contribution is -1.79. The summed E-state index contributed by atoms with van der Waals surface area (Å²) in [6, 6.07) is 6.50. The van der Waals surface area contributed by atoms with Crippen LogP contribution in [0.3, 0.4) is 0 Å². The molecular formula is C17H24. The van der Waals surface area contributed by atoms with Crippen LogP contribution in [0.15, 0.2) is 42.0 Å². The molecule has 0 heteroatoms. The molecule has 1 aliphatic carbocycles. The molecule has 92 valence electrons. The van der Waals surface area contributed by atoms with E-state index >= 15 is 0 Å². The highest BCUT2D eigenvalue weighted by Gasteiger charge is 1.90. The Morgan fingerprint density at radius 3 is 2.35 bits per heavy atom. The van der Waals surface area contributed by atoms with Gasteiger partial charge >= 0.3 is 0 Å². The van der Waals surface area contributed by atoms with Crippen molar-refractivity contribution in [3.8, 4) is 0 Å². The molecule has 0 amide bonds. The molecule has 0 spiro atoms. The molecule has 0 saturated heterocycles. The zero-order chi connectivity index (χ0) is 12.7. The van der Waals surface area contributed by atoms with Crippen molar-refractivity contribution in [2.24, 2.45) is 0 Å². The van der Waals surface area contributed by atoms with Gasteiger partial charge in [-0.1, -0.05) is 47.6 Å². The highest BCUT2D eigenvalue weighted by molar-refractivity contribution is 5.28. The topological polar surface area (TPSA) is 0 Å². The molecule has 1 aromatic rings. The molecule has 0 atom stereocenters. The summed E-state index contributed by atoms with van der Waals surface area (Å²) in [5, 5.41) is 0. The average molecular weight is 228 g/mol. The maximum atomic E-state index is 2.23. The van der Waals surface area contributed by atoms with E-state index in [1.165, 1.54) is 41.5 Å². The van der Waals surface area contributed by atoms with E-state index in [4.69, 9.17) is 0 Å². The minimum absolute atomic E-state index is 1.26. The van der Waals surface area contributed by atoms with Crippen molar-refractivity contribution in [1.29, 1.82) is 0 Å². The first kappa shape index (κ1) is 13.8. The van der Waals surface area contributed by atoms with Gasteiger partial charge in [-0.2, -0.15) is 0 Å². The number of aryl methyl sites for hydroxylation is 3. The Bertz CT molecular complexity index is 408. The Kier molecular flexibility index (Phi) is 5.76. The van der Waals surface area contributed by atoms with Crippen LogP contribution in [0, 0.1) is 20.8 Å². The second-order valence-electron chi connectivity index (χ2n) is 4.92. The maximum absolute atomic E-state index is 2.23. The van der Waals surface area contributed by atoms with E-state index in [-0.39, 0.29) is 0 Å². The van der Waals surface area contributed by atoms with Gasteiger partial charge < -0.3 is 0 Å². The van der Waals surface area contributed by atoms with Crippen LogP contribution in [0.2, 0.25) is 0 Å². The molecule has 0 radical (unpaired) electrons. The van der Waals surface area contributed by atoms with E-state index in [2.05, 4.69) is 64.1 Å². The van der Waals surface area contributed by atoms with Gasteiger partial charge in [0.25, 0.3) is 0 Å². The van der Waals surface area contributed by atoms with Crippen molar-refractivity contribution >= 4 is 0 Å². The van der Waals surface area contributed by atoms with Crippen LogP contribution in [0.25, 0.3) is 0 Å². The number of benzene rings is 1. The fourth-order valence-corrected chi connectivity index (χ4v) is 1.80. The molecule has 1 aromatic carbocycles. The first-order valence-corrected chi connectivity index (χ1v) is 6.46. The summed E-state index contributed by atoms with van der Waals surface area (Å²) in [4.78, 5) is 0. The molecule has 0 heterocycles. The van der Waals surface area contributed by atoms with Gasteiger partial charge in [-0.15, -0.1) is 0 Å². The lowest BCUT2D eigenvalue weighted by Gasteiger charge is -1.98. The standard InChI is InChI=1S/C9H12.C8H12/c1-7-4-5-8(2)9(3)6-7;1-8-6-4-2-3-5-7-8/h4-6H,1-3H3;2,4,6H,3,5,7H2,1H3. The second-order valence-corrected chi connectivity index (χ2v) is 4.92. The van der Waals surface area contributed by atoms with Gasteiger partial charge in [-0.25, -0.2) is 0 Å². The molecule has 0 nitrogen and oxygen atoms in total. The van der Waals surface area contributed by atoms with Gasteiger partial charge in [0.15, 0.2) is 0 Å². The summed E-state index contributed by atoms with van der Waals surface area (Å²) in [5.74, 6) is 0. The van der Waals surface area contributed by atoms with Gasteiger partial charge in [-0.3, -0.25) is 0 Å². The van der Waals surface area contributed by atoms with Crippen LogP contribution < -0.4 is 0 Å². The Hall–Kier alpha value is -1.30. The van der Waals surface area contributed by atoms with E-state index < -0.39 is 0 Å². The van der Waals surface area contributed by atoms with E-state index in [9.17, 15) is 0 Å². The average Bonchev–Trinajstić information content (AvgIpc) is 2.53. The summed E-state index contributed by atoms with van der Waals surface area (Å²) < 4.78 is 0. The summed E-state index contributed by atoms with van der Waals surface area (Å²) >= 11 is 0. The van der Waals surface area contributed by atoms with Crippen LogP contribution >= 0.6 is 0 Å². The lowest BCUT2D eigenvalue weighted by molar-refractivity contribution is 0.841. The van der Waals surface area contributed by atoms with Crippen LogP contribution in [0.4, 0.5) is 0 Å². The molecule has 0 unspecified atom stereocenters. The van der Waals surface area contributed by atoms with Crippen molar-refractivity contribution in [2.75, 3.05) is 0 Å². The van der Waals surface area contributed by atoms with Crippen LogP contribution in [0.5, 0.6) is 0 Å². The van der Waals surface area contributed by atoms with E-state index in [0.29, 0.717) is 0 Å². The third kappa shape index (κ3) is 5.53.